The lowest BCUT2D eigenvalue weighted by molar-refractivity contribution is -0.385. The summed E-state index contributed by atoms with van der Waals surface area (Å²) in [6, 6.07) is 0.906. The van der Waals surface area contributed by atoms with Gasteiger partial charge < -0.3 is 24.3 Å². The van der Waals surface area contributed by atoms with E-state index in [-0.39, 0.29) is 31.0 Å². The molecule has 0 saturated carbocycles. The summed E-state index contributed by atoms with van der Waals surface area (Å²) in [4.78, 5) is 65.2. The smallest absolute Gasteiger partial charge is 0.408 e. The summed E-state index contributed by atoms with van der Waals surface area (Å²) in [5, 5.41) is 13.4. The summed E-state index contributed by atoms with van der Waals surface area (Å²) in [5.41, 5.74) is -3.58. The average molecular weight is 498 g/mol. The molecule has 13 heteroatoms. The lowest BCUT2D eigenvalue weighted by Gasteiger charge is -2.30. The number of carbonyl (C=O) groups is 4. The molecule has 0 aliphatic rings. The maximum atomic E-state index is 13.1. The molecule has 0 aliphatic heterocycles. The van der Waals surface area contributed by atoms with Crippen LogP contribution in [-0.2, 0) is 38.7 Å². The molecule has 1 rings (SSSR count). The molecule has 0 fully saturated rings. The van der Waals surface area contributed by atoms with E-state index in [2.05, 4.69) is 10.3 Å². The van der Waals surface area contributed by atoms with E-state index in [1.807, 2.05) is 0 Å². The fraction of sp³-hybridized carbons (Fsp3) is 0.591. The van der Waals surface area contributed by atoms with E-state index in [4.69, 9.17) is 18.9 Å². The molecular weight excluding hydrogens is 466 g/mol. The maximum Gasteiger partial charge on any atom is 0.408 e. The molecule has 13 nitrogen and oxygen atoms in total. The third-order valence-electron chi connectivity index (χ3n) is 4.63. The van der Waals surface area contributed by atoms with E-state index in [1.165, 1.54) is 13.8 Å². The van der Waals surface area contributed by atoms with E-state index in [0.29, 0.717) is 0 Å². The highest BCUT2D eigenvalue weighted by molar-refractivity contribution is 6.06. The fourth-order valence-electron chi connectivity index (χ4n) is 3.08. The van der Waals surface area contributed by atoms with Crippen molar-refractivity contribution in [2.24, 2.45) is 0 Å². The topological polar surface area (TPSA) is 173 Å². The molecule has 1 atom stereocenters. The summed E-state index contributed by atoms with van der Waals surface area (Å²) >= 11 is 0. The van der Waals surface area contributed by atoms with Crippen molar-refractivity contribution in [1.82, 2.24) is 10.3 Å². The first-order valence-corrected chi connectivity index (χ1v) is 10.8. The minimum atomic E-state index is -2.18. The number of hydrogen-bond donors (Lipinski definition) is 1. The van der Waals surface area contributed by atoms with Crippen molar-refractivity contribution in [1.29, 1.82) is 0 Å². The second-order valence-electron chi connectivity index (χ2n) is 8.27. The normalized spacial score (nSPS) is 12.2. The van der Waals surface area contributed by atoms with Gasteiger partial charge in [-0.1, -0.05) is 0 Å². The number of rotatable bonds is 11. The third kappa shape index (κ3) is 7.90. The zero-order valence-corrected chi connectivity index (χ0v) is 20.6. The van der Waals surface area contributed by atoms with Crippen LogP contribution in [0, 0.1) is 10.1 Å². The van der Waals surface area contributed by atoms with Crippen LogP contribution in [0.5, 0.6) is 0 Å². The molecular formula is C22H31N3O10. The van der Waals surface area contributed by atoms with Gasteiger partial charge in [-0.05, 0) is 53.5 Å². The van der Waals surface area contributed by atoms with Crippen LogP contribution in [0.1, 0.15) is 53.2 Å². The van der Waals surface area contributed by atoms with E-state index in [1.54, 1.807) is 20.8 Å². The summed E-state index contributed by atoms with van der Waals surface area (Å²) in [7, 11) is 1.11. The molecule has 1 amide bonds. The zero-order valence-electron chi connectivity index (χ0n) is 20.6. The minimum absolute atomic E-state index is 0.0937. The average Bonchev–Trinajstić information content (AvgIpc) is 2.77. The Bertz CT molecular complexity index is 906. The first kappa shape index (κ1) is 29.3. The molecule has 0 bridgehead atoms. The molecule has 194 valence electrons. The molecule has 0 aromatic carbocycles. The molecule has 35 heavy (non-hydrogen) atoms. The van der Waals surface area contributed by atoms with Gasteiger partial charge in [-0.2, -0.15) is 0 Å². The van der Waals surface area contributed by atoms with Crippen molar-refractivity contribution in [2.75, 3.05) is 20.3 Å². The summed E-state index contributed by atoms with van der Waals surface area (Å²) in [6.07, 6.45) is -0.730. The van der Waals surface area contributed by atoms with Gasteiger partial charge in [0.1, 0.15) is 17.8 Å². The number of nitrogens with zero attached hydrogens (tertiary/aromatic N) is 2. The van der Waals surface area contributed by atoms with Crippen LogP contribution in [0.2, 0.25) is 0 Å². The Morgan fingerprint density at radius 3 is 2.06 bits per heavy atom. The standard InChI is InChI=1S/C22H31N3O10/c1-7-33-18(27)22(19(28)34-8-2,16-10-9-14(13-23-16)25(30)31)12-11-15(17(26)32-6)24-20(29)35-21(3,4)5/h9-10,13,15H,7-8,11-12H2,1-6H3,(H,24,29)/t15-/m0/s1. The van der Waals surface area contributed by atoms with Gasteiger partial charge in [0, 0.05) is 6.07 Å². The molecule has 0 unspecified atom stereocenters. The van der Waals surface area contributed by atoms with E-state index < -0.39 is 52.4 Å². The van der Waals surface area contributed by atoms with Crippen molar-refractivity contribution in [2.45, 2.75) is 64.5 Å². The molecule has 0 aliphatic carbocycles. The maximum absolute atomic E-state index is 13.1. The highest BCUT2D eigenvalue weighted by Gasteiger charge is 2.52. The van der Waals surface area contributed by atoms with Crippen LogP contribution in [0.3, 0.4) is 0 Å². The van der Waals surface area contributed by atoms with Crippen LogP contribution >= 0.6 is 0 Å². The van der Waals surface area contributed by atoms with Crippen LogP contribution in [0.4, 0.5) is 10.5 Å². The minimum Gasteiger partial charge on any atom is -0.467 e. The molecule has 1 aromatic rings. The van der Waals surface area contributed by atoms with E-state index in [9.17, 15) is 29.3 Å². The first-order chi connectivity index (χ1) is 16.3. The number of nitrogens with one attached hydrogen (secondary N) is 1. The van der Waals surface area contributed by atoms with Crippen LogP contribution in [0.15, 0.2) is 18.3 Å². The van der Waals surface area contributed by atoms with Gasteiger partial charge in [0.2, 0.25) is 5.41 Å². The van der Waals surface area contributed by atoms with Crippen molar-refractivity contribution in [3.05, 3.63) is 34.1 Å². The van der Waals surface area contributed by atoms with Crippen molar-refractivity contribution >= 4 is 29.7 Å². The van der Waals surface area contributed by atoms with Crippen molar-refractivity contribution < 1.29 is 43.0 Å². The molecule has 0 radical (unpaired) electrons. The number of ether oxygens (including phenoxy) is 4. The van der Waals surface area contributed by atoms with Crippen LogP contribution in [-0.4, -0.2) is 65.9 Å². The van der Waals surface area contributed by atoms with Gasteiger partial charge in [-0.3, -0.25) is 24.7 Å². The van der Waals surface area contributed by atoms with Gasteiger partial charge in [-0.15, -0.1) is 0 Å². The van der Waals surface area contributed by atoms with E-state index in [0.717, 1.165) is 25.4 Å². The fourth-order valence-corrected chi connectivity index (χ4v) is 3.08. The Balaban J connectivity index is 3.48. The predicted octanol–water partition coefficient (Wildman–Crippen LogP) is 2.20. The summed E-state index contributed by atoms with van der Waals surface area (Å²) in [6.45, 7) is 7.76. The number of aromatic nitrogens is 1. The van der Waals surface area contributed by atoms with Gasteiger partial charge in [0.15, 0.2) is 0 Å². The van der Waals surface area contributed by atoms with Crippen molar-refractivity contribution in [3.8, 4) is 0 Å². The number of hydrogen-bond acceptors (Lipinski definition) is 11. The molecule has 1 aromatic heterocycles. The highest BCUT2D eigenvalue weighted by Crippen LogP contribution is 2.33. The largest absolute Gasteiger partial charge is 0.467 e. The zero-order chi connectivity index (χ0) is 26.8. The Morgan fingerprint density at radius 2 is 1.66 bits per heavy atom. The lowest BCUT2D eigenvalue weighted by Crippen LogP contribution is -2.50. The number of pyridine rings is 1. The number of carbonyl (C=O) groups excluding carboxylic acids is 4. The van der Waals surface area contributed by atoms with E-state index >= 15 is 0 Å². The monoisotopic (exact) mass is 497 g/mol. The molecule has 1 heterocycles. The van der Waals surface area contributed by atoms with Gasteiger partial charge in [0.05, 0.1) is 30.9 Å². The SMILES string of the molecule is CCOC(=O)C(CC[C@H](NC(=O)OC(C)(C)C)C(=O)OC)(C(=O)OCC)c1ccc([N+](=O)[O-])cn1. The Kier molecular flexibility index (Phi) is 10.6. The van der Waals surface area contributed by atoms with Gasteiger partial charge in [-0.25, -0.2) is 9.59 Å². The van der Waals surface area contributed by atoms with Gasteiger partial charge in [0.25, 0.3) is 5.69 Å². The summed E-state index contributed by atoms with van der Waals surface area (Å²) in [5.74, 6) is -2.91. The molecule has 1 N–H and O–H groups in total. The number of alkyl carbamates (subject to hydrolysis) is 1. The number of nitro groups is 1. The van der Waals surface area contributed by atoms with Gasteiger partial charge >= 0.3 is 24.0 Å². The Hall–Kier alpha value is -3.77. The second kappa shape index (κ2) is 12.6. The van der Waals surface area contributed by atoms with Crippen LogP contribution < -0.4 is 5.32 Å². The molecule has 0 saturated heterocycles. The number of esters is 3. The second-order valence-corrected chi connectivity index (χ2v) is 8.27. The number of methoxy groups -OCH3 is 1. The quantitative estimate of drug-likeness (QED) is 0.156. The number of amides is 1. The first-order valence-electron chi connectivity index (χ1n) is 10.8. The highest BCUT2D eigenvalue weighted by atomic mass is 16.6. The Morgan fingerprint density at radius 1 is 1.09 bits per heavy atom. The predicted molar refractivity (Wildman–Crippen MR) is 120 cm³/mol. The lowest BCUT2D eigenvalue weighted by atomic mass is 9.78. The van der Waals surface area contributed by atoms with Crippen molar-refractivity contribution in [3.63, 3.8) is 0 Å². The Labute approximate surface area is 202 Å². The molecule has 0 spiro atoms. The summed E-state index contributed by atoms with van der Waals surface area (Å²) < 4.78 is 20.2. The van der Waals surface area contributed by atoms with Crippen LogP contribution in [0.25, 0.3) is 0 Å². The third-order valence-corrected chi connectivity index (χ3v) is 4.63.